The van der Waals surface area contributed by atoms with Gasteiger partial charge < -0.3 is 10.4 Å². The van der Waals surface area contributed by atoms with E-state index < -0.39 is 26.6 Å². The van der Waals surface area contributed by atoms with E-state index in [9.17, 15) is 18.3 Å². The van der Waals surface area contributed by atoms with E-state index in [1.54, 1.807) is 12.1 Å². The van der Waals surface area contributed by atoms with Crippen molar-refractivity contribution >= 4 is 15.7 Å². The van der Waals surface area contributed by atoms with Crippen molar-refractivity contribution in [1.29, 1.82) is 0 Å². The molecule has 1 aliphatic heterocycles. The van der Waals surface area contributed by atoms with Gasteiger partial charge in [-0.2, -0.15) is 0 Å². The number of nitrogens with one attached hydrogen (secondary N) is 2. The second-order valence-corrected chi connectivity index (χ2v) is 8.89. The maximum atomic E-state index is 13.1. The summed E-state index contributed by atoms with van der Waals surface area (Å²) in [6, 6.07) is 14.2. The predicted octanol–water partition coefficient (Wildman–Crippen LogP) is 1.03. The maximum Gasteiger partial charge on any atom is 0.277 e. The molecular formula is C19H22N2O5S. The van der Waals surface area contributed by atoms with E-state index in [-0.39, 0.29) is 17.9 Å². The molecule has 144 valence electrons. The second-order valence-electron chi connectivity index (χ2n) is 6.76. The van der Waals surface area contributed by atoms with Crippen LogP contribution in [0.5, 0.6) is 0 Å². The number of carbonyl (C=O) groups is 1. The van der Waals surface area contributed by atoms with E-state index in [2.05, 4.69) is 5.32 Å². The SMILES string of the molecule is Cc1cccc(-c2ccc(S(=O)(=O)C3CCNCC3(O)C(=O)NO)cc2)c1. The molecule has 4 N–H and O–H groups in total. The quantitative estimate of drug-likeness (QED) is 0.458. The molecule has 0 saturated carbocycles. The molecule has 2 atom stereocenters. The molecular weight excluding hydrogens is 368 g/mol. The Kier molecular flexibility index (Phi) is 5.34. The van der Waals surface area contributed by atoms with E-state index in [0.29, 0.717) is 6.54 Å². The third-order valence-electron chi connectivity index (χ3n) is 4.91. The van der Waals surface area contributed by atoms with Crippen LogP contribution < -0.4 is 10.8 Å². The number of sulfone groups is 1. The molecule has 2 aromatic rings. The van der Waals surface area contributed by atoms with Crippen LogP contribution in [0.1, 0.15) is 12.0 Å². The lowest BCUT2D eigenvalue weighted by Crippen LogP contribution is -2.65. The fourth-order valence-electron chi connectivity index (χ4n) is 3.43. The normalized spacial score (nSPS) is 23.0. The minimum absolute atomic E-state index is 0.0231. The molecule has 1 amide bonds. The molecule has 0 aromatic heterocycles. The number of rotatable bonds is 4. The molecule has 1 fully saturated rings. The number of piperidine rings is 1. The first kappa shape index (κ1) is 19.5. The number of hydrogen-bond acceptors (Lipinski definition) is 6. The van der Waals surface area contributed by atoms with E-state index in [1.165, 1.54) is 17.6 Å². The Balaban J connectivity index is 1.95. The van der Waals surface area contributed by atoms with Gasteiger partial charge in [0.2, 0.25) is 0 Å². The first-order valence-corrected chi connectivity index (χ1v) is 10.1. The average Bonchev–Trinajstić information content (AvgIpc) is 2.67. The zero-order valence-corrected chi connectivity index (χ0v) is 15.7. The largest absolute Gasteiger partial charge is 0.377 e. The smallest absolute Gasteiger partial charge is 0.277 e. The van der Waals surface area contributed by atoms with Crippen molar-refractivity contribution in [3.8, 4) is 11.1 Å². The third-order valence-corrected chi connectivity index (χ3v) is 7.22. The topological polar surface area (TPSA) is 116 Å². The van der Waals surface area contributed by atoms with Crippen molar-refractivity contribution in [3.05, 3.63) is 54.1 Å². The van der Waals surface area contributed by atoms with Gasteiger partial charge in [0.15, 0.2) is 15.4 Å². The summed E-state index contributed by atoms with van der Waals surface area (Å²) in [5, 5.41) is 21.0. The standard InChI is InChI=1S/C19H22N2O5S/c1-13-3-2-4-15(11-13)14-5-7-16(8-6-14)27(25,26)17-9-10-20-12-19(17,23)18(22)21-24/h2-8,11,17,20,23-24H,9-10,12H2,1H3,(H,21,22). The number of β-amino-alcohol motifs (C(OH)–C–C–N with tert-alkyl or cyclic N) is 1. The van der Waals surface area contributed by atoms with Gasteiger partial charge >= 0.3 is 0 Å². The third kappa shape index (κ3) is 3.61. The van der Waals surface area contributed by atoms with Gasteiger partial charge in [-0.1, -0.05) is 42.0 Å². The van der Waals surface area contributed by atoms with Crippen molar-refractivity contribution in [2.75, 3.05) is 13.1 Å². The van der Waals surface area contributed by atoms with Crippen LogP contribution in [0.15, 0.2) is 53.4 Å². The molecule has 2 unspecified atom stereocenters. The lowest BCUT2D eigenvalue weighted by molar-refractivity contribution is -0.149. The molecule has 0 aliphatic carbocycles. The van der Waals surface area contributed by atoms with Crippen LogP contribution in [0.25, 0.3) is 11.1 Å². The summed E-state index contributed by atoms with van der Waals surface area (Å²) >= 11 is 0. The summed E-state index contributed by atoms with van der Waals surface area (Å²) in [6.07, 6.45) is 0.0475. The lowest BCUT2D eigenvalue weighted by atomic mass is 9.93. The Morgan fingerprint density at radius 1 is 1.19 bits per heavy atom. The molecule has 7 nitrogen and oxygen atoms in total. The van der Waals surface area contributed by atoms with Crippen molar-refractivity contribution in [3.63, 3.8) is 0 Å². The van der Waals surface area contributed by atoms with Crippen LogP contribution in [-0.4, -0.2) is 48.6 Å². The highest BCUT2D eigenvalue weighted by Crippen LogP contribution is 2.31. The Labute approximate surface area is 157 Å². The Morgan fingerprint density at radius 2 is 1.89 bits per heavy atom. The fraction of sp³-hybridized carbons (Fsp3) is 0.316. The number of aliphatic hydroxyl groups is 1. The van der Waals surface area contributed by atoms with Crippen LogP contribution in [-0.2, 0) is 14.6 Å². The molecule has 1 aliphatic rings. The Hall–Kier alpha value is -2.26. The molecule has 0 spiro atoms. The average molecular weight is 390 g/mol. The van der Waals surface area contributed by atoms with Crippen LogP contribution >= 0.6 is 0 Å². The van der Waals surface area contributed by atoms with Crippen molar-refractivity contribution in [1.82, 2.24) is 10.8 Å². The monoisotopic (exact) mass is 390 g/mol. The van der Waals surface area contributed by atoms with Gasteiger partial charge in [0, 0.05) is 6.54 Å². The van der Waals surface area contributed by atoms with Gasteiger partial charge in [-0.25, -0.2) is 13.9 Å². The lowest BCUT2D eigenvalue weighted by Gasteiger charge is -2.37. The van der Waals surface area contributed by atoms with Gasteiger partial charge in [-0.05, 0) is 43.1 Å². The van der Waals surface area contributed by atoms with Gasteiger partial charge in [0.05, 0.1) is 4.90 Å². The van der Waals surface area contributed by atoms with Crippen molar-refractivity contribution in [2.45, 2.75) is 29.1 Å². The van der Waals surface area contributed by atoms with Gasteiger partial charge in [0.1, 0.15) is 5.25 Å². The number of aryl methyl sites for hydroxylation is 1. The molecule has 3 rings (SSSR count). The van der Waals surface area contributed by atoms with Gasteiger partial charge in [-0.3, -0.25) is 10.0 Å². The van der Waals surface area contributed by atoms with Crippen LogP contribution in [0.4, 0.5) is 0 Å². The minimum Gasteiger partial charge on any atom is -0.377 e. The molecule has 1 heterocycles. The number of carbonyl (C=O) groups excluding carboxylic acids is 1. The molecule has 8 heteroatoms. The summed E-state index contributed by atoms with van der Waals surface area (Å²) in [5.41, 5.74) is 2.05. The summed E-state index contributed by atoms with van der Waals surface area (Å²) in [7, 11) is -3.99. The molecule has 0 radical (unpaired) electrons. The molecule has 27 heavy (non-hydrogen) atoms. The Bertz CT molecular complexity index is 943. The van der Waals surface area contributed by atoms with Crippen LogP contribution in [0.2, 0.25) is 0 Å². The number of hydroxylamine groups is 1. The summed E-state index contributed by atoms with van der Waals surface area (Å²) in [5.74, 6) is -1.14. The predicted molar refractivity (Wildman–Crippen MR) is 100.0 cm³/mol. The van der Waals surface area contributed by atoms with Crippen LogP contribution in [0, 0.1) is 6.92 Å². The molecule has 2 aromatic carbocycles. The molecule has 1 saturated heterocycles. The van der Waals surface area contributed by atoms with Crippen molar-refractivity contribution < 1.29 is 23.5 Å². The first-order chi connectivity index (χ1) is 12.8. The van der Waals surface area contributed by atoms with E-state index in [4.69, 9.17) is 5.21 Å². The number of benzene rings is 2. The van der Waals surface area contributed by atoms with E-state index in [0.717, 1.165) is 16.7 Å². The van der Waals surface area contributed by atoms with E-state index in [1.807, 2.05) is 31.2 Å². The highest BCUT2D eigenvalue weighted by atomic mass is 32.2. The highest BCUT2D eigenvalue weighted by molar-refractivity contribution is 7.92. The summed E-state index contributed by atoms with van der Waals surface area (Å²) in [6.45, 7) is 2.06. The van der Waals surface area contributed by atoms with Crippen LogP contribution in [0.3, 0.4) is 0 Å². The zero-order chi connectivity index (χ0) is 19.7. The highest BCUT2D eigenvalue weighted by Gasteiger charge is 2.52. The van der Waals surface area contributed by atoms with Crippen molar-refractivity contribution in [2.24, 2.45) is 0 Å². The summed E-state index contributed by atoms with van der Waals surface area (Å²) < 4.78 is 26.2. The summed E-state index contributed by atoms with van der Waals surface area (Å²) in [4.78, 5) is 12.0. The number of hydrogen-bond donors (Lipinski definition) is 4. The van der Waals surface area contributed by atoms with Gasteiger partial charge in [-0.15, -0.1) is 0 Å². The molecule has 0 bridgehead atoms. The number of amides is 1. The van der Waals surface area contributed by atoms with Gasteiger partial charge in [0.25, 0.3) is 5.91 Å². The fourth-order valence-corrected chi connectivity index (χ4v) is 5.40. The maximum absolute atomic E-state index is 13.1. The zero-order valence-electron chi connectivity index (χ0n) is 14.8. The van der Waals surface area contributed by atoms with E-state index >= 15 is 0 Å². The Morgan fingerprint density at radius 3 is 2.52 bits per heavy atom. The minimum atomic E-state index is -3.99. The first-order valence-electron chi connectivity index (χ1n) is 8.57. The second kappa shape index (κ2) is 7.40.